The fourth-order valence-corrected chi connectivity index (χ4v) is 20.5. The first-order valence-electron chi connectivity index (χ1n) is 12.4. The first kappa shape index (κ1) is 24.1. The van der Waals surface area contributed by atoms with Crippen LogP contribution >= 0.6 is 0 Å². The Hall–Kier alpha value is -2.06. The van der Waals surface area contributed by atoms with Gasteiger partial charge < -0.3 is 0 Å². The molecule has 0 aliphatic carbocycles. The van der Waals surface area contributed by atoms with Crippen molar-refractivity contribution in [2.45, 2.75) is 73.5 Å². The van der Waals surface area contributed by atoms with Crippen LogP contribution in [0, 0.1) is 47.0 Å². The second-order valence-electron chi connectivity index (χ2n) is 11.7. The van der Waals surface area contributed by atoms with Gasteiger partial charge >= 0.3 is 205 Å². The van der Waals surface area contributed by atoms with E-state index in [-0.39, 0.29) is 5.41 Å². The summed E-state index contributed by atoms with van der Waals surface area (Å²) in [6.07, 6.45) is 1.23. The molecule has 0 N–H and O–H groups in total. The molecule has 0 amide bonds. The molecule has 1 atom stereocenters. The van der Waals surface area contributed by atoms with Crippen LogP contribution in [0.1, 0.15) is 66.1 Å². The molecule has 3 aromatic rings. The summed E-state index contributed by atoms with van der Waals surface area (Å²) in [5.41, 5.74) is 12.0. The van der Waals surface area contributed by atoms with E-state index in [1.807, 2.05) is 0 Å². The third kappa shape index (κ3) is 4.28. The Morgan fingerprint density at radius 1 is 0.667 bits per heavy atom. The van der Waals surface area contributed by atoms with Gasteiger partial charge in [0.2, 0.25) is 0 Å². The van der Waals surface area contributed by atoms with Crippen molar-refractivity contribution in [3.05, 3.63) is 98.4 Å². The van der Waals surface area contributed by atoms with Crippen molar-refractivity contribution in [2.24, 2.45) is 5.41 Å². The molecule has 1 aliphatic heterocycles. The number of allylic oxidation sites excluding steroid dienone is 1. The van der Waals surface area contributed by atoms with Crippen molar-refractivity contribution in [1.29, 1.82) is 0 Å². The molecule has 0 bridgehead atoms. The molecule has 0 fully saturated rings. The molecule has 0 saturated heterocycles. The van der Waals surface area contributed by atoms with Gasteiger partial charge in [-0.2, -0.15) is 0 Å². The molecule has 1 heterocycles. The number of hydrogen-bond acceptors (Lipinski definition) is 0. The van der Waals surface area contributed by atoms with Crippen LogP contribution < -0.4 is 8.79 Å². The van der Waals surface area contributed by atoms with Crippen LogP contribution in [-0.4, -0.2) is 13.3 Å². The van der Waals surface area contributed by atoms with Crippen LogP contribution in [0.25, 0.3) is 5.57 Å². The summed E-state index contributed by atoms with van der Waals surface area (Å²) < 4.78 is 4.02. The molecule has 172 valence electrons. The molecule has 1 unspecified atom stereocenters. The zero-order chi connectivity index (χ0) is 24.1. The molecule has 0 saturated carbocycles. The fourth-order valence-electron chi connectivity index (χ4n) is 6.68. The Morgan fingerprint density at radius 2 is 1.09 bits per heavy atom. The molecular formula is C32H40Ge. The van der Waals surface area contributed by atoms with Crippen molar-refractivity contribution >= 4 is 27.6 Å². The van der Waals surface area contributed by atoms with Gasteiger partial charge in [0.1, 0.15) is 0 Å². The van der Waals surface area contributed by atoms with E-state index in [0.29, 0.717) is 4.75 Å². The quantitative estimate of drug-likeness (QED) is 0.327. The molecule has 0 aromatic heterocycles. The molecule has 0 spiro atoms. The summed E-state index contributed by atoms with van der Waals surface area (Å²) in [4.78, 5) is 2.81. The summed E-state index contributed by atoms with van der Waals surface area (Å²) in [6.45, 7) is 21.2. The summed E-state index contributed by atoms with van der Waals surface area (Å²) in [6, 6.07) is 20.9. The standard InChI is InChI=1S/C32H40Ge/c1-21-15-23(3)30(24(4)16-21)33(31-25(5)17-22(2)18-26(31)6)20-28(27-13-11-10-12-14-27)29(33)19-32(7,8)9/h10-18,20,29H,19H2,1-9H3. The molecular weight excluding hydrogens is 457 g/mol. The van der Waals surface area contributed by atoms with Gasteiger partial charge in [0.15, 0.2) is 0 Å². The van der Waals surface area contributed by atoms with Gasteiger partial charge in [-0.3, -0.25) is 0 Å². The van der Waals surface area contributed by atoms with E-state index in [4.69, 9.17) is 0 Å². The van der Waals surface area contributed by atoms with E-state index in [1.54, 1.807) is 14.4 Å². The molecule has 1 heteroatoms. The first-order chi connectivity index (χ1) is 15.4. The number of rotatable bonds is 4. The van der Waals surface area contributed by atoms with Gasteiger partial charge in [-0.05, 0) is 0 Å². The SMILES string of the molecule is Cc1cc(C)[c]([Ge]2([c]3c(C)cc(C)cc3C)[CH]=C(c3ccccc3)[CH]2CC(C)(C)C)c(C)c1. The summed E-state index contributed by atoms with van der Waals surface area (Å²) >= 11 is -2.89. The third-order valence-corrected chi connectivity index (χ3v) is 19.2. The number of benzene rings is 3. The Kier molecular flexibility index (Phi) is 6.29. The topological polar surface area (TPSA) is 0 Å². The molecule has 4 rings (SSSR count). The zero-order valence-electron chi connectivity index (χ0n) is 22.1. The predicted octanol–water partition coefficient (Wildman–Crippen LogP) is 7.54. The Morgan fingerprint density at radius 3 is 1.48 bits per heavy atom. The average molecular weight is 497 g/mol. The minimum atomic E-state index is -2.89. The first-order valence-corrected chi connectivity index (χ1v) is 16.9. The summed E-state index contributed by atoms with van der Waals surface area (Å²) in [5, 5.41) is 0. The second-order valence-corrected chi connectivity index (χ2v) is 19.5. The van der Waals surface area contributed by atoms with Gasteiger partial charge in [0.05, 0.1) is 0 Å². The van der Waals surface area contributed by atoms with Gasteiger partial charge in [-0.1, -0.05) is 0 Å². The van der Waals surface area contributed by atoms with Crippen molar-refractivity contribution in [1.82, 2.24) is 0 Å². The molecule has 3 aromatic carbocycles. The summed E-state index contributed by atoms with van der Waals surface area (Å²) in [5.74, 6) is 0. The van der Waals surface area contributed by atoms with E-state index in [0.717, 1.165) is 0 Å². The van der Waals surface area contributed by atoms with Crippen LogP contribution in [0.15, 0.2) is 59.5 Å². The van der Waals surface area contributed by atoms with Gasteiger partial charge in [0.25, 0.3) is 0 Å². The molecule has 0 radical (unpaired) electrons. The van der Waals surface area contributed by atoms with E-state index in [1.165, 1.54) is 45.4 Å². The predicted molar refractivity (Wildman–Crippen MR) is 149 cm³/mol. The normalized spacial score (nSPS) is 17.5. The number of hydrogen-bond donors (Lipinski definition) is 0. The number of aryl methyl sites for hydroxylation is 6. The maximum atomic E-state index is 2.81. The monoisotopic (exact) mass is 498 g/mol. The van der Waals surface area contributed by atoms with Crippen LogP contribution in [0.2, 0.25) is 4.75 Å². The molecule has 1 aliphatic rings. The van der Waals surface area contributed by atoms with E-state index in [2.05, 4.69) is 122 Å². The van der Waals surface area contributed by atoms with Gasteiger partial charge in [0, 0.05) is 0 Å². The van der Waals surface area contributed by atoms with Crippen molar-refractivity contribution in [3.8, 4) is 0 Å². The Bertz CT molecular complexity index is 1120. The van der Waals surface area contributed by atoms with E-state index >= 15 is 0 Å². The Labute approximate surface area is 204 Å². The van der Waals surface area contributed by atoms with Crippen molar-refractivity contribution in [2.75, 3.05) is 0 Å². The van der Waals surface area contributed by atoms with Crippen molar-refractivity contribution in [3.63, 3.8) is 0 Å². The van der Waals surface area contributed by atoms with E-state index in [9.17, 15) is 0 Å². The average Bonchev–Trinajstić information content (AvgIpc) is 2.68. The van der Waals surface area contributed by atoms with Crippen LogP contribution in [0.3, 0.4) is 0 Å². The van der Waals surface area contributed by atoms with Gasteiger partial charge in [-0.25, -0.2) is 0 Å². The van der Waals surface area contributed by atoms with Crippen LogP contribution in [-0.2, 0) is 0 Å². The summed E-state index contributed by atoms with van der Waals surface area (Å²) in [7, 11) is 0. The minimum absolute atomic E-state index is 0.272. The molecule has 0 nitrogen and oxygen atoms in total. The maximum absolute atomic E-state index is 2.89. The van der Waals surface area contributed by atoms with Crippen LogP contribution in [0.4, 0.5) is 0 Å². The molecule has 33 heavy (non-hydrogen) atoms. The van der Waals surface area contributed by atoms with Gasteiger partial charge in [-0.15, -0.1) is 0 Å². The van der Waals surface area contributed by atoms with E-state index < -0.39 is 13.3 Å². The van der Waals surface area contributed by atoms with Crippen LogP contribution in [0.5, 0.6) is 0 Å². The third-order valence-electron chi connectivity index (χ3n) is 7.41. The second kappa shape index (κ2) is 8.62. The fraction of sp³-hybridized carbons (Fsp3) is 0.375. The zero-order valence-corrected chi connectivity index (χ0v) is 24.2. The Balaban J connectivity index is 2.11. The van der Waals surface area contributed by atoms with Crippen molar-refractivity contribution < 1.29 is 0 Å².